The van der Waals surface area contributed by atoms with Crippen LogP contribution in [-0.4, -0.2) is 68.3 Å². The lowest BCUT2D eigenvalue weighted by atomic mass is 10.4. The number of likely N-dealkylation sites (N-methyl/N-ethyl adjacent to an activating group) is 2. The summed E-state index contributed by atoms with van der Waals surface area (Å²) in [5, 5.41) is 2.54. The molecule has 7 heteroatoms. The second kappa shape index (κ2) is 7.63. The lowest BCUT2D eigenvalue weighted by molar-refractivity contribution is -0.137. The van der Waals surface area contributed by atoms with E-state index in [9.17, 15) is 14.4 Å². The van der Waals surface area contributed by atoms with Crippen molar-refractivity contribution in [3.8, 4) is 0 Å². The number of carbonyl (C=O) groups excluding carboxylic acids is 3. The van der Waals surface area contributed by atoms with Crippen molar-refractivity contribution in [2.45, 2.75) is 0 Å². The number of carbonyl (C=O) groups is 3. The van der Waals surface area contributed by atoms with Crippen LogP contribution >= 0.6 is 0 Å². The fourth-order valence-corrected chi connectivity index (χ4v) is 0.942. The number of nitrogens with one attached hydrogen (secondary N) is 1. The second-order valence-corrected chi connectivity index (χ2v) is 3.41. The van der Waals surface area contributed by atoms with Gasteiger partial charge in [0.15, 0.2) is 0 Å². The van der Waals surface area contributed by atoms with Crippen molar-refractivity contribution in [1.29, 1.82) is 0 Å². The lowest BCUT2D eigenvalue weighted by Crippen LogP contribution is -2.43. The Balaban J connectivity index is 3.95. The van der Waals surface area contributed by atoms with E-state index in [0.29, 0.717) is 19.5 Å². The number of nitrogens with zero attached hydrogens (tertiary/aromatic N) is 2. The van der Waals surface area contributed by atoms with Gasteiger partial charge in [-0.15, -0.1) is 0 Å². The highest BCUT2D eigenvalue weighted by atomic mass is 16.2. The maximum absolute atomic E-state index is 11.4. The maximum atomic E-state index is 11.4. The smallest absolute Gasteiger partial charge is 0.242 e. The predicted octanol–water partition coefficient (Wildman–Crippen LogP) is -2.39. The van der Waals surface area contributed by atoms with Crippen LogP contribution in [0.25, 0.3) is 0 Å². The average Bonchev–Trinajstić information content (AvgIpc) is 2.25. The van der Waals surface area contributed by atoms with Crippen molar-refractivity contribution in [2.24, 2.45) is 5.73 Å². The molecule has 0 unspecified atom stereocenters. The van der Waals surface area contributed by atoms with Crippen molar-refractivity contribution in [3.63, 3.8) is 0 Å². The normalized spacial score (nSPS) is 9.44. The van der Waals surface area contributed by atoms with Crippen LogP contribution in [0.15, 0.2) is 0 Å². The molecule has 0 aromatic heterocycles. The first-order valence-corrected chi connectivity index (χ1v) is 4.87. The Hall–Kier alpha value is -1.63. The summed E-state index contributed by atoms with van der Waals surface area (Å²) in [5.74, 6) is -0.562. The van der Waals surface area contributed by atoms with Gasteiger partial charge in [0.2, 0.25) is 18.2 Å². The molecule has 0 saturated carbocycles. The zero-order valence-corrected chi connectivity index (χ0v) is 9.60. The molecule has 0 fully saturated rings. The molecule has 3 amide bonds. The van der Waals surface area contributed by atoms with Gasteiger partial charge in [0.1, 0.15) is 0 Å². The van der Waals surface area contributed by atoms with Crippen molar-refractivity contribution in [1.82, 2.24) is 15.1 Å². The Morgan fingerprint density at radius 1 is 1.31 bits per heavy atom. The number of nitrogens with two attached hydrogens (primary N) is 1. The van der Waals surface area contributed by atoms with Gasteiger partial charge in [-0.2, -0.15) is 0 Å². The Morgan fingerprint density at radius 2 is 1.94 bits per heavy atom. The van der Waals surface area contributed by atoms with Gasteiger partial charge in [-0.3, -0.25) is 14.4 Å². The van der Waals surface area contributed by atoms with Crippen LogP contribution in [0.4, 0.5) is 0 Å². The number of amides is 3. The molecule has 0 aliphatic rings. The van der Waals surface area contributed by atoms with Crippen molar-refractivity contribution < 1.29 is 14.4 Å². The van der Waals surface area contributed by atoms with Crippen LogP contribution in [0.1, 0.15) is 0 Å². The summed E-state index contributed by atoms with van der Waals surface area (Å²) in [6.45, 7) is 0.669. The van der Waals surface area contributed by atoms with E-state index in [0.717, 1.165) is 0 Å². The fraction of sp³-hybridized carbons (Fsp3) is 0.667. The molecule has 0 aliphatic heterocycles. The van der Waals surface area contributed by atoms with E-state index in [1.807, 2.05) is 0 Å². The first kappa shape index (κ1) is 14.4. The molecule has 0 spiro atoms. The molecule has 7 nitrogen and oxygen atoms in total. The summed E-state index contributed by atoms with van der Waals surface area (Å²) in [6, 6.07) is 0. The van der Waals surface area contributed by atoms with Gasteiger partial charge >= 0.3 is 0 Å². The largest absolute Gasteiger partial charge is 0.353 e. The maximum Gasteiger partial charge on any atom is 0.242 e. The van der Waals surface area contributed by atoms with E-state index in [2.05, 4.69) is 5.32 Å². The summed E-state index contributed by atoms with van der Waals surface area (Å²) < 4.78 is 0. The molecule has 0 saturated heterocycles. The van der Waals surface area contributed by atoms with Crippen LogP contribution in [0.3, 0.4) is 0 Å². The summed E-state index contributed by atoms with van der Waals surface area (Å²) >= 11 is 0. The minimum atomic E-state index is -0.294. The zero-order chi connectivity index (χ0) is 12.6. The number of hydrogen-bond donors (Lipinski definition) is 2. The highest BCUT2D eigenvalue weighted by Gasteiger charge is 2.13. The molecule has 3 N–H and O–H groups in total. The van der Waals surface area contributed by atoms with Gasteiger partial charge in [-0.1, -0.05) is 0 Å². The van der Waals surface area contributed by atoms with Gasteiger partial charge in [0, 0.05) is 27.2 Å². The Kier molecular flexibility index (Phi) is 6.86. The highest BCUT2D eigenvalue weighted by molar-refractivity contribution is 5.86. The molecule has 0 bridgehead atoms. The molecule has 0 radical (unpaired) electrons. The van der Waals surface area contributed by atoms with Crippen molar-refractivity contribution in [3.05, 3.63) is 0 Å². The molecule has 0 aromatic carbocycles. The quantitative estimate of drug-likeness (QED) is 0.477. The highest BCUT2D eigenvalue weighted by Crippen LogP contribution is 1.87. The van der Waals surface area contributed by atoms with E-state index in [1.165, 1.54) is 23.9 Å². The third-order valence-electron chi connectivity index (χ3n) is 1.84. The minimum absolute atomic E-state index is 0.0362. The summed E-state index contributed by atoms with van der Waals surface area (Å²) in [5.41, 5.74) is 5.21. The van der Waals surface area contributed by atoms with Crippen LogP contribution in [0.2, 0.25) is 0 Å². The molecule has 0 aliphatic carbocycles. The van der Waals surface area contributed by atoms with E-state index < -0.39 is 0 Å². The van der Waals surface area contributed by atoms with Gasteiger partial charge in [0.05, 0.1) is 13.1 Å². The van der Waals surface area contributed by atoms with Gasteiger partial charge in [-0.25, -0.2) is 0 Å². The van der Waals surface area contributed by atoms with Crippen LogP contribution in [0.5, 0.6) is 0 Å². The first-order valence-electron chi connectivity index (χ1n) is 4.87. The topological polar surface area (TPSA) is 95.7 Å². The van der Waals surface area contributed by atoms with E-state index in [4.69, 9.17) is 5.73 Å². The van der Waals surface area contributed by atoms with Crippen molar-refractivity contribution in [2.75, 3.05) is 40.3 Å². The third-order valence-corrected chi connectivity index (χ3v) is 1.84. The number of hydrogen-bond acceptors (Lipinski definition) is 4. The number of rotatable bonds is 7. The molecule has 0 aromatic rings. The van der Waals surface area contributed by atoms with Gasteiger partial charge < -0.3 is 20.9 Å². The molecule has 0 atom stereocenters. The average molecular weight is 230 g/mol. The fourth-order valence-electron chi connectivity index (χ4n) is 0.942. The van der Waals surface area contributed by atoms with E-state index in [-0.39, 0.29) is 24.9 Å². The van der Waals surface area contributed by atoms with E-state index >= 15 is 0 Å². The Morgan fingerprint density at radius 3 is 2.44 bits per heavy atom. The summed E-state index contributed by atoms with van der Waals surface area (Å²) in [7, 11) is 3.00. The van der Waals surface area contributed by atoms with Gasteiger partial charge in [-0.05, 0) is 0 Å². The minimum Gasteiger partial charge on any atom is -0.353 e. The van der Waals surface area contributed by atoms with Crippen LogP contribution in [0, 0.1) is 0 Å². The monoisotopic (exact) mass is 230 g/mol. The second-order valence-electron chi connectivity index (χ2n) is 3.41. The Labute approximate surface area is 94.6 Å². The third kappa shape index (κ3) is 5.97. The van der Waals surface area contributed by atoms with E-state index in [1.54, 1.807) is 0 Å². The summed E-state index contributed by atoms with van der Waals surface area (Å²) in [6.07, 6.45) is 0.556. The predicted molar refractivity (Wildman–Crippen MR) is 58.4 cm³/mol. The molecule has 16 heavy (non-hydrogen) atoms. The zero-order valence-electron chi connectivity index (χ0n) is 9.60. The van der Waals surface area contributed by atoms with Gasteiger partial charge in [0.25, 0.3) is 0 Å². The molecular formula is C9H18N4O3. The summed E-state index contributed by atoms with van der Waals surface area (Å²) in [4.78, 5) is 35.4. The molecular weight excluding hydrogens is 212 g/mol. The molecule has 0 heterocycles. The van der Waals surface area contributed by atoms with Crippen molar-refractivity contribution >= 4 is 18.2 Å². The molecule has 0 rings (SSSR count). The van der Waals surface area contributed by atoms with Crippen LogP contribution < -0.4 is 11.1 Å². The van der Waals surface area contributed by atoms with Crippen LogP contribution in [-0.2, 0) is 14.4 Å². The standard InChI is InChI=1S/C9H18N4O3/c1-12(7-14)6-9(16)13(2)5-8(15)11-4-3-10/h7H,3-6,10H2,1-2H3,(H,11,15). The Bertz CT molecular complexity index is 257. The lowest BCUT2D eigenvalue weighted by Gasteiger charge is -2.19. The SMILES string of the molecule is CN(C=O)CC(=O)N(C)CC(=O)NCCN. The first-order chi connectivity index (χ1) is 7.51. The molecule has 92 valence electrons.